The summed E-state index contributed by atoms with van der Waals surface area (Å²) in [6.45, 7) is 11.6. The van der Waals surface area contributed by atoms with Gasteiger partial charge < -0.3 is 26.8 Å². The Morgan fingerprint density at radius 2 is 1.80 bits per heavy atom. The van der Waals surface area contributed by atoms with Crippen LogP contribution in [0.25, 0.3) is 0 Å². The predicted molar refractivity (Wildman–Crippen MR) is 155 cm³/mol. The van der Waals surface area contributed by atoms with E-state index in [1.165, 1.54) is 18.2 Å². The molecular formula is C31H47FN4O4. The summed E-state index contributed by atoms with van der Waals surface area (Å²) in [5.41, 5.74) is 11.4. The van der Waals surface area contributed by atoms with Gasteiger partial charge in [-0.05, 0) is 74.8 Å². The minimum absolute atomic E-state index is 0.0126. The van der Waals surface area contributed by atoms with Crippen LogP contribution in [0, 0.1) is 30.0 Å². The number of carbonyl (C=O) groups is 3. The van der Waals surface area contributed by atoms with Crippen LogP contribution in [0.2, 0.25) is 0 Å². The van der Waals surface area contributed by atoms with Gasteiger partial charge in [0.1, 0.15) is 5.82 Å². The van der Waals surface area contributed by atoms with Crippen LogP contribution in [0.1, 0.15) is 64.5 Å². The van der Waals surface area contributed by atoms with Crippen molar-refractivity contribution in [3.05, 3.63) is 58.4 Å². The lowest BCUT2D eigenvalue weighted by molar-refractivity contribution is -0.132. The number of hydrogen-bond donors (Lipinski definition) is 4. The van der Waals surface area contributed by atoms with E-state index in [0.29, 0.717) is 36.7 Å². The van der Waals surface area contributed by atoms with Crippen molar-refractivity contribution in [2.24, 2.45) is 28.7 Å². The molecule has 9 heteroatoms. The molecule has 0 saturated carbocycles. The lowest BCUT2D eigenvalue weighted by Crippen LogP contribution is -2.52. The summed E-state index contributed by atoms with van der Waals surface area (Å²) in [5.74, 6) is -2.73. The molecule has 222 valence electrons. The molecule has 3 amide bonds. The molecule has 1 unspecified atom stereocenters. The molecule has 0 radical (unpaired) electrons. The Morgan fingerprint density at radius 3 is 2.33 bits per heavy atom. The summed E-state index contributed by atoms with van der Waals surface area (Å²) < 4.78 is 14.5. The summed E-state index contributed by atoms with van der Waals surface area (Å²) >= 11 is 0. The van der Waals surface area contributed by atoms with Crippen LogP contribution in [-0.2, 0) is 20.8 Å². The Morgan fingerprint density at radius 1 is 1.15 bits per heavy atom. The lowest BCUT2D eigenvalue weighted by atomic mass is 9.63. The van der Waals surface area contributed by atoms with Gasteiger partial charge in [0.25, 0.3) is 0 Å². The molecule has 2 rings (SSSR count). The molecule has 8 nitrogen and oxygen atoms in total. The van der Waals surface area contributed by atoms with Crippen LogP contribution in [-0.4, -0.2) is 60.0 Å². The lowest BCUT2D eigenvalue weighted by Gasteiger charge is -2.42. The molecule has 1 aromatic carbocycles. The van der Waals surface area contributed by atoms with Crippen molar-refractivity contribution in [3.63, 3.8) is 0 Å². The van der Waals surface area contributed by atoms with Gasteiger partial charge in [-0.25, -0.2) is 4.39 Å². The number of hydrogen-bond acceptors (Lipinski definition) is 5. The van der Waals surface area contributed by atoms with E-state index >= 15 is 0 Å². The number of rotatable bonds is 16. The van der Waals surface area contributed by atoms with E-state index in [0.717, 1.165) is 19.3 Å². The van der Waals surface area contributed by atoms with Gasteiger partial charge in [-0.2, -0.15) is 0 Å². The number of carbonyl (C=O) groups excluding carboxylic acids is 3. The Balaban J connectivity index is 2.61. The van der Waals surface area contributed by atoms with Gasteiger partial charge in [-0.15, -0.1) is 0 Å². The highest BCUT2D eigenvalue weighted by Crippen LogP contribution is 2.44. The van der Waals surface area contributed by atoms with Crippen molar-refractivity contribution in [2.45, 2.75) is 72.8 Å². The Kier molecular flexibility index (Phi) is 12.5. The van der Waals surface area contributed by atoms with Crippen LogP contribution in [0.4, 0.5) is 4.39 Å². The first-order valence-corrected chi connectivity index (χ1v) is 14.3. The van der Waals surface area contributed by atoms with E-state index in [1.54, 1.807) is 24.0 Å². The quantitative estimate of drug-likeness (QED) is 0.231. The van der Waals surface area contributed by atoms with E-state index < -0.39 is 35.1 Å². The summed E-state index contributed by atoms with van der Waals surface area (Å²) in [6, 6.07) is 4.76. The number of halogens is 1. The number of nitrogens with zero attached hydrogens (tertiary/aromatic N) is 1. The van der Waals surface area contributed by atoms with Gasteiger partial charge in [0, 0.05) is 36.7 Å². The highest BCUT2D eigenvalue weighted by atomic mass is 19.1. The molecule has 0 aromatic heterocycles. The maximum absolute atomic E-state index is 14.5. The number of aryl methyl sites for hydroxylation is 1. The highest BCUT2D eigenvalue weighted by Gasteiger charge is 2.49. The molecule has 6 N–H and O–H groups in total. The molecule has 40 heavy (non-hydrogen) atoms. The van der Waals surface area contributed by atoms with E-state index in [-0.39, 0.29) is 36.4 Å². The van der Waals surface area contributed by atoms with Gasteiger partial charge >= 0.3 is 0 Å². The second-order valence-corrected chi connectivity index (χ2v) is 11.4. The van der Waals surface area contributed by atoms with Crippen LogP contribution in [0.3, 0.4) is 0 Å². The van der Waals surface area contributed by atoms with Crippen LogP contribution >= 0.6 is 0 Å². The van der Waals surface area contributed by atoms with Crippen LogP contribution in [0.15, 0.2) is 41.5 Å². The van der Waals surface area contributed by atoms with Gasteiger partial charge in [0.05, 0.1) is 11.5 Å². The summed E-state index contributed by atoms with van der Waals surface area (Å²) in [6.07, 6.45) is 4.08. The number of aliphatic hydroxyl groups excluding tert-OH is 1. The molecule has 0 fully saturated rings. The third-order valence-electron chi connectivity index (χ3n) is 7.59. The fraction of sp³-hybridized carbons (Fsp3) is 0.581. The maximum atomic E-state index is 14.5. The zero-order valence-corrected chi connectivity index (χ0v) is 24.6. The first-order valence-electron chi connectivity index (χ1n) is 14.3. The Hall–Kier alpha value is -3.04. The molecule has 1 aliphatic rings. The fourth-order valence-electron chi connectivity index (χ4n) is 5.30. The number of amides is 3. The van der Waals surface area contributed by atoms with Crippen LogP contribution < -0.4 is 16.8 Å². The molecule has 0 aliphatic heterocycles. The first-order chi connectivity index (χ1) is 18.9. The molecule has 0 heterocycles. The van der Waals surface area contributed by atoms with Crippen LogP contribution in [0.5, 0.6) is 0 Å². The second-order valence-electron chi connectivity index (χ2n) is 11.4. The summed E-state index contributed by atoms with van der Waals surface area (Å²) in [5, 5.41) is 14.8. The zero-order valence-electron chi connectivity index (χ0n) is 24.6. The second kappa shape index (κ2) is 15.1. The number of aliphatic hydroxyl groups is 1. The molecule has 1 aromatic rings. The standard InChI is InChI=1S/C31H47FN4O4/c1-6-12-36(13-7-2)29(39)24-16-23(28(33)38)17-31(18-24,30(34)40)25(27(37)19-35-11-10-20(3)4)14-22-9-8-21(5)26(32)15-22/h8-9,15-17,20,25,27,35,37H,6-7,10-14,18-19H2,1-5H3,(H2,33,38)(H2,34,40)/t25-,27+,31?/m1/s1. The topological polar surface area (TPSA) is 139 Å². The van der Waals surface area contributed by atoms with E-state index in [2.05, 4.69) is 19.2 Å². The number of nitrogens with two attached hydrogens (primary N) is 2. The molecular weight excluding hydrogens is 511 g/mol. The highest BCUT2D eigenvalue weighted by molar-refractivity contribution is 6.03. The monoisotopic (exact) mass is 558 g/mol. The van der Waals surface area contributed by atoms with Gasteiger partial charge in [0.2, 0.25) is 17.7 Å². The molecule has 0 bridgehead atoms. The fourth-order valence-corrected chi connectivity index (χ4v) is 5.30. The third kappa shape index (κ3) is 8.48. The minimum atomic E-state index is -1.62. The zero-order chi connectivity index (χ0) is 30.0. The summed E-state index contributed by atoms with van der Waals surface area (Å²) in [4.78, 5) is 41.2. The normalized spacial score (nSPS) is 18.6. The number of nitrogens with one attached hydrogen (secondary N) is 1. The molecule has 1 aliphatic carbocycles. The maximum Gasteiger partial charge on any atom is 0.249 e. The van der Waals surface area contributed by atoms with Crippen molar-refractivity contribution < 1.29 is 23.9 Å². The van der Waals surface area contributed by atoms with Crippen molar-refractivity contribution in [1.29, 1.82) is 0 Å². The van der Waals surface area contributed by atoms with Gasteiger partial charge in [-0.1, -0.05) is 45.9 Å². The first kappa shape index (κ1) is 33.2. The average molecular weight is 559 g/mol. The van der Waals surface area contributed by atoms with Crippen molar-refractivity contribution in [2.75, 3.05) is 26.2 Å². The van der Waals surface area contributed by atoms with E-state index in [1.807, 2.05) is 13.8 Å². The number of primary amides is 2. The molecule has 0 spiro atoms. The largest absolute Gasteiger partial charge is 0.391 e. The van der Waals surface area contributed by atoms with E-state index in [4.69, 9.17) is 11.5 Å². The van der Waals surface area contributed by atoms with Crippen molar-refractivity contribution >= 4 is 17.7 Å². The Labute approximate surface area is 238 Å². The SMILES string of the molecule is CCCN(CCC)C(=O)C1=CC(C(N)=O)=CC(C(N)=O)([C@H](Cc2ccc(C)c(F)c2)[C@@H](O)CNCCC(C)C)C1. The average Bonchev–Trinajstić information content (AvgIpc) is 2.90. The van der Waals surface area contributed by atoms with Crippen molar-refractivity contribution in [1.82, 2.24) is 10.2 Å². The smallest absolute Gasteiger partial charge is 0.249 e. The third-order valence-corrected chi connectivity index (χ3v) is 7.59. The van der Waals surface area contributed by atoms with Crippen molar-refractivity contribution in [3.8, 4) is 0 Å². The number of benzene rings is 1. The minimum Gasteiger partial charge on any atom is -0.391 e. The molecule has 0 saturated heterocycles. The van der Waals surface area contributed by atoms with E-state index in [9.17, 15) is 23.9 Å². The summed E-state index contributed by atoms with van der Waals surface area (Å²) in [7, 11) is 0. The van der Waals surface area contributed by atoms with Gasteiger partial charge in [0.15, 0.2) is 0 Å². The van der Waals surface area contributed by atoms with Gasteiger partial charge in [-0.3, -0.25) is 14.4 Å². The Bertz CT molecular complexity index is 1110. The molecule has 3 atom stereocenters. The predicted octanol–water partition coefficient (Wildman–Crippen LogP) is 3.15.